The number of alkyl halides is 3. The first-order valence-electron chi connectivity index (χ1n) is 11.6. The van der Waals surface area contributed by atoms with E-state index in [9.17, 15) is 22.8 Å². The Bertz CT molecular complexity index is 1410. The molecule has 0 saturated carbocycles. The van der Waals surface area contributed by atoms with Crippen molar-refractivity contribution < 1.29 is 32.6 Å². The van der Waals surface area contributed by atoms with Gasteiger partial charge in [-0.3, -0.25) is 4.79 Å². The van der Waals surface area contributed by atoms with Crippen molar-refractivity contribution in [2.24, 2.45) is 5.92 Å². The van der Waals surface area contributed by atoms with Crippen molar-refractivity contribution >= 4 is 29.2 Å². The maximum absolute atomic E-state index is 13.8. The van der Waals surface area contributed by atoms with Crippen LogP contribution in [0.25, 0.3) is 5.65 Å². The quantitative estimate of drug-likeness (QED) is 0.529. The molecule has 1 aromatic carbocycles. The second-order valence-corrected chi connectivity index (χ2v) is 9.61. The highest BCUT2D eigenvalue weighted by Crippen LogP contribution is 2.37. The van der Waals surface area contributed by atoms with Gasteiger partial charge in [0.1, 0.15) is 17.8 Å². The van der Waals surface area contributed by atoms with E-state index in [-0.39, 0.29) is 37.4 Å². The van der Waals surface area contributed by atoms with Crippen molar-refractivity contribution in [3.8, 4) is 5.75 Å². The number of hydrogen-bond acceptors (Lipinski definition) is 5. The molecule has 2 aromatic heterocycles. The number of aryl methyl sites for hydroxylation is 2. The molecule has 1 N–H and O–H groups in total. The van der Waals surface area contributed by atoms with Gasteiger partial charge in [-0.2, -0.15) is 18.3 Å². The van der Waals surface area contributed by atoms with Crippen LogP contribution in [0.1, 0.15) is 39.4 Å². The number of piperidine rings is 1. The summed E-state index contributed by atoms with van der Waals surface area (Å²) in [6.45, 7) is 3.22. The van der Waals surface area contributed by atoms with Crippen molar-refractivity contribution in [1.82, 2.24) is 24.4 Å². The Balaban J connectivity index is 1.39. The highest BCUT2D eigenvalue weighted by atomic mass is 35.5. The summed E-state index contributed by atoms with van der Waals surface area (Å²) >= 11 is 6.29. The molecule has 0 spiro atoms. The molecule has 2 aliphatic rings. The zero-order valence-corrected chi connectivity index (χ0v) is 20.7. The Hall–Kier alpha value is -3.54. The monoisotopic (exact) mass is 537 g/mol. The molecular weight excluding hydrogens is 515 g/mol. The standard InChI is InChI=1S/C24H23ClF3N5O4/c1-12-20(25)13(2)33-21(29-12)15-9-32(11-17(15)30-33)22(34)14-5-3-4-6-18(14)37-19-7-8-31(23(35)36)10-16(19)24(26,27)28/h3-6,16,19H,7-11H2,1-2H3,(H,35,36). The van der Waals surface area contributed by atoms with Crippen LogP contribution in [0.15, 0.2) is 24.3 Å². The maximum atomic E-state index is 13.8. The second-order valence-electron chi connectivity index (χ2n) is 9.24. The topological polar surface area (TPSA) is 100 Å². The van der Waals surface area contributed by atoms with Gasteiger partial charge in [-0.1, -0.05) is 23.7 Å². The van der Waals surface area contributed by atoms with Gasteiger partial charge in [-0.25, -0.2) is 14.3 Å². The van der Waals surface area contributed by atoms with Gasteiger partial charge in [0.25, 0.3) is 5.91 Å². The molecule has 5 rings (SSSR count). The number of para-hydroxylation sites is 1. The molecule has 4 heterocycles. The number of carboxylic acid groups (broad SMARTS) is 1. The van der Waals surface area contributed by atoms with Gasteiger partial charge in [0.05, 0.1) is 40.8 Å². The Labute approximate surface area is 214 Å². The van der Waals surface area contributed by atoms with Gasteiger partial charge in [-0.15, -0.1) is 0 Å². The fourth-order valence-corrected chi connectivity index (χ4v) is 5.02. The number of aromatic nitrogens is 3. The lowest BCUT2D eigenvalue weighted by molar-refractivity contribution is -0.207. The van der Waals surface area contributed by atoms with E-state index in [2.05, 4.69) is 10.1 Å². The molecule has 37 heavy (non-hydrogen) atoms. The van der Waals surface area contributed by atoms with E-state index in [1.807, 2.05) is 6.92 Å². The van der Waals surface area contributed by atoms with Crippen LogP contribution in [-0.2, 0) is 13.1 Å². The van der Waals surface area contributed by atoms with E-state index in [0.29, 0.717) is 22.1 Å². The third kappa shape index (κ3) is 4.43. The van der Waals surface area contributed by atoms with Gasteiger partial charge < -0.3 is 19.6 Å². The third-order valence-electron chi connectivity index (χ3n) is 6.88. The van der Waals surface area contributed by atoms with Crippen LogP contribution in [0.2, 0.25) is 5.02 Å². The minimum absolute atomic E-state index is 0.0193. The van der Waals surface area contributed by atoms with Gasteiger partial charge in [-0.05, 0) is 26.0 Å². The van der Waals surface area contributed by atoms with Crippen molar-refractivity contribution in [1.29, 1.82) is 0 Å². The van der Waals surface area contributed by atoms with Crippen molar-refractivity contribution in [2.75, 3.05) is 13.1 Å². The van der Waals surface area contributed by atoms with Crippen LogP contribution >= 0.6 is 11.6 Å². The number of likely N-dealkylation sites (tertiary alicyclic amines) is 1. The summed E-state index contributed by atoms with van der Waals surface area (Å²) in [5, 5.41) is 14.2. The fraction of sp³-hybridized carbons (Fsp3) is 0.417. The van der Waals surface area contributed by atoms with E-state index in [1.165, 1.54) is 17.0 Å². The molecule has 196 valence electrons. The fourth-order valence-electron chi connectivity index (χ4n) is 4.90. The maximum Gasteiger partial charge on any atom is 0.407 e. The zero-order valence-electron chi connectivity index (χ0n) is 19.9. The molecule has 1 saturated heterocycles. The zero-order chi connectivity index (χ0) is 26.6. The average Bonchev–Trinajstić information content (AvgIpc) is 3.41. The van der Waals surface area contributed by atoms with Crippen molar-refractivity contribution in [3.63, 3.8) is 0 Å². The lowest BCUT2D eigenvalue weighted by Crippen LogP contribution is -2.52. The predicted octanol–water partition coefficient (Wildman–Crippen LogP) is 4.47. The Morgan fingerprint density at radius 1 is 1.16 bits per heavy atom. The highest BCUT2D eigenvalue weighted by Gasteiger charge is 2.50. The lowest BCUT2D eigenvalue weighted by atomic mass is 9.94. The normalized spacial score (nSPS) is 19.8. The molecule has 2 aliphatic heterocycles. The van der Waals surface area contributed by atoms with E-state index in [0.717, 1.165) is 16.2 Å². The number of ether oxygens (including phenoxy) is 1. The number of rotatable bonds is 3. The summed E-state index contributed by atoms with van der Waals surface area (Å²) in [5.41, 5.74) is 3.56. The number of nitrogens with zero attached hydrogens (tertiary/aromatic N) is 5. The summed E-state index contributed by atoms with van der Waals surface area (Å²) in [5.74, 6) is -2.42. The molecule has 0 bridgehead atoms. The van der Waals surface area contributed by atoms with Crippen LogP contribution in [-0.4, -0.2) is 66.9 Å². The summed E-state index contributed by atoms with van der Waals surface area (Å²) in [7, 11) is 0. The number of halogens is 4. The number of hydrogen-bond donors (Lipinski definition) is 1. The Morgan fingerprint density at radius 2 is 1.89 bits per heavy atom. The summed E-state index contributed by atoms with van der Waals surface area (Å²) < 4.78 is 48.7. The van der Waals surface area contributed by atoms with Crippen molar-refractivity contribution in [3.05, 3.63) is 57.5 Å². The predicted molar refractivity (Wildman–Crippen MR) is 126 cm³/mol. The Morgan fingerprint density at radius 3 is 2.59 bits per heavy atom. The van der Waals surface area contributed by atoms with Crippen LogP contribution in [0.4, 0.5) is 18.0 Å². The smallest absolute Gasteiger partial charge is 0.407 e. The number of fused-ring (bicyclic) bond motifs is 3. The van der Waals surface area contributed by atoms with Gasteiger partial charge >= 0.3 is 12.3 Å². The number of carbonyl (C=O) groups excluding carboxylic acids is 1. The molecule has 2 amide bonds. The van der Waals surface area contributed by atoms with Gasteiger partial charge in [0.15, 0.2) is 5.65 Å². The minimum Gasteiger partial charge on any atom is -0.489 e. The van der Waals surface area contributed by atoms with E-state index in [4.69, 9.17) is 21.4 Å². The number of carbonyl (C=O) groups is 2. The van der Waals surface area contributed by atoms with Crippen molar-refractivity contribution in [2.45, 2.75) is 45.6 Å². The first-order valence-corrected chi connectivity index (χ1v) is 12.0. The Kier molecular flexibility index (Phi) is 6.17. The molecule has 0 radical (unpaired) electrons. The summed E-state index contributed by atoms with van der Waals surface area (Å²) in [6, 6.07) is 6.14. The van der Waals surface area contributed by atoms with Crippen LogP contribution in [0, 0.1) is 19.8 Å². The SMILES string of the molecule is Cc1nc2c3c(nn2c(C)c1Cl)CN(C(=O)c1ccccc1OC1CCN(C(=O)O)CC1C(F)(F)F)C3. The van der Waals surface area contributed by atoms with Crippen LogP contribution < -0.4 is 4.74 Å². The molecule has 3 aromatic rings. The number of amides is 2. The minimum atomic E-state index is -4.67. The molecule has 9 nitrogen and oxygen atoms in total. The van der Waals surface area contributed by atoms with E-state index < -0.39 is 36.7 Å². The van der Waals surface area contributed by atoms with E-state index in [1.54, 1.807) is 23.6 Å². The summed E-state index contributed by atoms with van der Waals surface area (Å²) in [4.78, 5) is 31.5. The second kappa shape index (κ2) is 9.09. The molecule has 2 unspecified atom stereocenters. The first kappa shape index (κ1) is 25.1. The van der Waals surface area contributed by atoms with Gasteiger partial charge in [0, 0.05) is 25.1 Å². The van der Waals surface area contributed by atoms with Crippen LogP contribution in [0.5, 0.6) is 5.75 Å². The number of benzene rings is 1. The molecule has 2 atom stereocenters. The summed E-state index contributed by atoms with van der Waals surface area (Å²) in [6.07, 6.45) is -7.57. The first-order chi connectivity index (χ1) is 17.5. The molecule has 13 heteroatoms. The van der Waals surface area contributed by atoms with E-state index >= 15 is 0 Å². The highest BCUT2D eigenvalue weighted by molar-refractivity contribution is 6.31. The molecular formula is C24H23ClF3N5O4. The molecule has 0 aliphatic carbocycles. The lowest BCUT2D eigenvalue weighted by Gasteiger charge is -2.38. The van der Waals surface area contributed by atoms with Crippen LogP contribution in [0.3, 0.4) is 0 Å². The largest absolute Gasteiger partial charge is 0.489 e. The average molecular weight is 538 g/mol. The molecule has 1 fully saturated rings. The van der Waals surface area contributed by atoms with Gasteiger partial charge in [0.2, 0.25) is 0 Å². The third-order valence-corrected chi connectivity index (χ3v) is 7.43.